The number of piperidine rings is 1. The summed E-state index contributed by atoms with van der Waals surface area (Å²) in [5, 5.41) is 14.4. The van der Waals surface area contributed by atoms with Gasteiger partial charge in [-0.3, -0.25) is 4.79 Å². The van der Waals surface area contributed by atoms with E-state index in [1.807, 2.05) is 0 Å². The van der Waals surface area contributed by atoms with Crippen LogP contribution in [0.5, 0.6) is 0 Å². The number of nitrogens with one attached hydrogen (secondary N) is 1. The van der Waals surface area contributed by atoms with Crippen LogP contribution >= 0.6 is 0 Å². The van der Waals surface area contributed by atoms with Crippen LogP contribution in [-0.2, 0) is 16.6 Å². The third kappa shape index (κ3) is 2.38. The summed E-state index contributed by atoms with van der Waals surface area (Å²) in [6.45, 7) is 0.870. The maximum absolute atomic E-state index is 13.6. The lowest BCUT2D eigenvalue weighted by atomic mass is 9.56. The first-order valence-corrected chi connectivity index (χ1v) is 9.86. The molecule has 3 aliphatic carbocycles. The number of carbonyl (C=O) groups is 1. The van der Waals surface area contributed by atoms with E-state index in [0.717, 1.165) is 25.8 Å². The van der Waals surface area contributed by atoms with Crippen molar-refractivity contribution in [2.75, 3.05) is 6.54 Å². The van der Waals surface area contributed by atoms with Crippen molar-refractivity contribution in [3.63, 3.8) is 0 Å². The minimum Gasteiger partial charge on any atom is -0.339 e. The lowest BCUT2D eigenvalue weighted by Gasteiger charge is -2.50. The van der Waals surface area contributed by atoms with Crippen LogP contribution in [0.3, 0.4) is 0 Å². The Balaban J connectivity index is 1.40. The van der Waals surface area contributed by atoms with E-state index < -0.39 is 0 Å². The minimum absolute atomic E-state index is 0.0805. The number of aromatic nitrogens is 4. The highest BCUT2D eigenvalue weighted by Crippen LogP contribution is 2.64. The number of likely N-dealkylation sites (tertiary alicyclic amines) is 1. The molecular weight excluding hydrogens is 326 g/mol. The number of carbonyl (C=O) groups excluding carboxylic acids is 1. The van der Waals surface area contributed by atoms with Crippen molar-refractivity contribution >= 4 is 5.91 Å². The van der Waals surface area contributed by atoms with Crippen LogP contribution in [0.2, 0.25) is 0 Å². The molecule has 4 aliphatic rings. The van der Waals surface area contributed by atoms with Crippen molar-refractivity contribution in [2.45, 2.75) is 56.4 Å². The van der Waals surface area contributed by atoms with Gasteiger partial charge >= 0.3 is 0 Å². The number of hydrogen-bond acceptors (Lipinski definition) is 4. The molecule has 0 spiro atoms. The first-order valence-electron chi connectivity index (χ1n) is 9.86. The Labute approximate surface area is 153 Å². The molecule has 136 valence electrons. The van der Waals surface area contributed by atoms with E-state index in [-0.39, 0.29) is 17.4 Å². The second kappa shape index (κ2) is 6.18. The molecule has 4 fully saturated rings. The molecule has 1 aliphatic heterocycles. The molecule has 6 heteroatoms. The quantitative estimate of drug-likeness (QED) is 0.918. The van der Waals surface area contributed by atoms with Crippen molar-refractivity contribution in [2.24, 2.45) is 11.8 Å². The molecule has 1 amide bonds. The van der Waals surface area contributed by atoms with Crippen LogP contribution in [0.15, 0.2) is 30.3 Å². The molecule has 1 aromatic heterocycles. The van der Waals surface area contributed by atoms with Crippen LogP contribution in [0.4, 0.5) is 0 Å². The van der Waals surface area contributed by atoms with E-state index in [1.54, 1.807) is 0 Å². The van der Waals surface area contributed by atoms with E-state index in [9.17, 15) is 4.79 Å². The SMILES string of the molecule is O=C([C@@H]1[C@@H]2CC[C@@]1(c1ccccc1)C2)N1CCCCC1Cc1nn[nH]n1. The highest BCUT2D eigenvalue weighted by molar-refractivity contribution is 5.83. The summed E-state index contributed by atoms with van der Waals surface area (Å²) in [5.74, 6) is 1.81. The lowest BCUT2D eigenvalue weighted by Crippen LogP contribution is -2.57. The van der Waals surface area contributed by atoms with Crippen molar-refractivity contribution < 1.29 is 4.79 Å². The maximum atomic E-state index is 13.6. The number of fused-ring (bicyclic) bond motifs is 1. The smallest absolute Gasteiger partial charge is 0.227 e. The Morgan fingerprint density at radius 2 is 2.12 bits per heavy atom. The topological polar surface area (TPSA) is 74.8 Å². The monoisotopic (exact) mass is 351 g/mol. The summed E-state index contributed by atoms with van der Waals surface area (Å²) in [6.07, 6.45) is 7.54. The van der Waals surface area contributed by atoms with Crippen LogP contribution in [0, 0.1) is 11.8 Å². The van der Waals surface area contributed by atoms with Gasteiger partial charge in [-0.2, -0.15) is 5.21 Å². The molecule has 6 nitrogen and oxygen atoms in total. The summed E-state index contributed by atoms with van der Waals surface area (Å²) < 4.78 is 0. The van der Waals surface area contributed by atoms with Gasteiger partial charge in [0.2, 0.25) is 5.91 Å². The molecule has 2 bridgehead atoms. The van der Waals surface area contributed by atoms with Crippen molar-refractivity contribution in [1.29, 1.82) is 0 Å². The number of amides is 1. The summed E-state index contributed by atoms with van der Waals surface area (Å²) in [7, 11) is 0. The van der Waals surface area contributed by atoms with E-state index in [2.05, 4.69) is 55.9 Å². The normalized spacial score (nSPS) is 33.1. The van der Waals surface area contributed by atoms with Crippen LogP contribution in [-0.4, -0.2) is 44.0 Å². The van der Waals surface area contributed by atoms with E-state index >= 15 is 0 Å². The number of H-pyrrole nitrogens is 1. The zero-order valence-electron chi connectivity index (χ0n) is 15.0. The summed E-state index contributed by atoms with van der Waals surface area (Å²) in [5.41, 5.74) is 1.44. The second-order valence-electron chi connectivity index (χ2n) is 8.22. The number of hydrogen-bond donors (Lipinski definition) is 1. The molecule has 1 unspecified atom stereocenters. The standard InChI is InChI=1S/C20H25N5O/c26-19(25-11-5-4-8-16(25)12-17-21-23-24-22-17)18-14-9-10-20(18,13-14)15-6-2-1-3-7-15/h1-3,6-7,14,16,18H,4-5,8-13H2,(H,21,22,23,24)/t14-,16?,18+,20+/m1/s1. The largest absolute Gasteiger partial charge is 0.339 e. The third-order valence-electron chi connectivity index (χ3n) is 6.99. The number of tetrazole rings is 1. The molecule has 3 saturated carbocycles. The minimum atomic E-state index is 0.0805. The average molecular weight is 351 g/mol. The van der Waals surface area contributed by atoms with E-state index in [4.69, 9.17) is 0 Å². The van der Waals surface area contributed by atoms with Crippen LogP contribution in [0.1, 0.15) is 49.9 Å². The predicted molar refractivity (Wildman–Crippen MR) is 96.2 cm³/mol. The molecule has 1 saturated heterocycles. The molecule has 1 aromatic carbocycles. The van der Waals surface area contributed by atoms with Gasteiger partial charge in [0.15, 0.2) is 5.82 Å². The van der Waals surface area contributed by atoms with Gasteiger partial charge in [0, 0.05) is 24.4 Å². The Hall–Kier alpha value is -2.24. The second-order valence-corrected chi connectivity index (χ2v) is 8.22. The predicted octanol–water partition coefficient (Wildman–Crippen LogP) is 2.49. The van der Waals surface area contributed by atoms with Crippen molar-refractivity contribution in [3.05, 3.63) is 41.7 Å². The van der Waals surface area contributed by atoms with Gasteiger partial charge in [-0.25, -0.2) is 0 Å². The Kier molecular flexibility index (Phi) is 3.80. The summed E-state index contributed by atoms with van der Waals surface area (Å²) in [6, 6.07) is 10.9. The Bertz CT molecular complexity index is 773. The molecule has 2 aromatic rings. The first kappa shape index (κ1) is 16.0. The van der Waals surface area contributed by atoms with E-state index in [0.29, 0.717) is 24.1 Å². The van der Waals surface area contributed by atoms with Crippen LogP contribution < -0.4 is 0 Å². The molecule has 26 heavy (non-hydrogen) atoms. The van der Waals surface area contributed by atoms with Gasteiger partial charge in [-0.1, -0.05) is 35.5 Å². The molecule has 1 N–H and O–H groups in total. The zero-order chi connectivity index (χ0) is 17.6. The molecule has 0 radical (unpaired) electrons. The Morgan fingerprint density at radius 1 is 1.23 bits per heavy atom. The molecule has 6 rings (SSSR count). The average Bonchev–Trinajstić information content (AvgIpc) is 3.40. The third-order valence-corrected chi connectivity index (χ3v) is 6.99. The molecular formula is C20H25N5O. The zero-order valence-corrected chi connectivity index (χ0v) is 15.0. The van der Waals surface area contributed by atoms with Gasteiger partial charge < -0.3 is 4.90 Å². The number of benzene rings is 1. The van der Waals surface area contributed by atoms with Crippen molar-refractivity contribution in [1.82, 2.24) is 25.5 Å². The number of rotatable bonds is 4. The van der Waals surface area contributed by atoms with Gasteiger partial charge in [0.25, 0.3) is 0 Å². The number of aromatic amines is 1. The van der Waals surface area contributed by atoms with Gasteiger partial charge in [-0.15, -0.1) is 10.2 Å². The highest BCUT2D eigenvalue weighted by Gasteiger charge is 2.63. The van der Waals surface area contributed by atoms with E-state index in [1.165, 1.54) is 24.8 Å². The van der Waals surface area contributed by atoms with Gasteiger partial charge in [0.1, 0.15) is 0 Å². The lowest BCUT2D eigenvalue weighted by molar-refractivity contribution is -0.147. The van der Waals surface area contributed by atoms with Crippen LogP contribution in [0.25, 0.3) is 0 Å². The Morgan fingerprint density at radius 3 is 2.88 bits per heavy atom. The van der Waals surface area contributed by atoms with Crippen molar-refractivity contribution in [3.8, 4) is 0 Å². The molecule has 4 atom stereocenters. The van der Waals surface area contributed by atoms with Gasteiger partial charge in [-0.05, 0) is 50.0 Å². The fourth-order valence-corrected chi connectivity index (χ4v) is 5.78. The van der Waals surface area contributed by atoms with Gasteiger partial charge in [0.05, 0.1) is 5.92 Å². The summed E-state index contributed by atoms with van der Waals surface area (Å²) in [4.78, 5) is 15.8. The maximum Gasteiger partial charge on any atom is 0.227 e. The fourth-order valence-electron chi connectivity index (χ4n) is 5.78. The first-order chi connectivity index (χ1) is 12.8. The number of nitrogens with zero attached hydrogens (tertiary/aromatic N) is 4. The summed E-state index contributed by atoms with van der Waals surface area (Å²) >= 11 is 0. The highest BCUT2D eigenvalue weighted by atomic mass is 16.2. The fraction of sp³-hybridized carbons (Fsp3) is 0.600. The molecule has 2 heterocycles.